The Bertz CT molecular complexity index is 2410. The van der Waals surface area contributed by atoms with E-state index >= 15 is 0 Å². The molecule has 0 fully saturated rings. The van der Waals surface area contributed by atoms with Gasteiger partial charge in [-0.15, -0.1) is 0 Å². The van der Waals surface area contributed by atoms with Crippen LogP contribution in [-0.4, -0.2) is 73.6 Å². The van der Waals surface area contributed by atoms with Crippen LogP contribution >= 0.6 is 0 Å². The maximum absolute atomic E-state index is 14.4. The number of nitrogens with zero attached hydrogens (tertiary/aromatic N) is 4. The highest BCUT2D eigenvalue weighted by atomic mass is 28.2. The Morgan fingerprint density at radius 2 is 1.47 bits per heavy atom. The summed E-state index contributed by atoms with van der Waals surface area (Å²) in [5, 5.41) is 4.01. The van der Waals surface area contributed by atoms with Gasteiger partial charge >= 0.3 is 6.03 Å². The van der Waals surface area contributed by atoms with Crippen molar-refractivity contribution in [1.82, 2.24) is 24.8 Å². The van der Waals surface area contributed by atoms with Crippen LogP contribution in [-0.2, 0) is 15.4 Å². The first-order valence-electron chi connectivity index (χ1n) is 19.8. The van der Waals surface area contributed by atoms with Gasteiger partial charge in [0.05, 0.1) is 5.69 Å². The second-order valence-corrected chi connectivity index (χ2v) is 19.1. The predicted molar refractivity (Wildman–Crippen MR) is 235 cm³/mol. The predicted octanol–water partition coefficient (Wildman–Crippen LogP) is 10.1. The summed E-state index contributed by atoms with van der Waals surface area (Å²) in [6.07, 6.45) is 4.39. The lowest BCUT2D eigenvalue weighted by molar-refractivity contribution is 0.102. The molecule has 0 saturated carbocycles. The number of H-pyrrole nitrogens is 1. The number of benzene rings is 4. The third-order valence-corrected chi connectivity index (χ3v) is 11.5. The zero-order valence-electron chi connectivity index (χ0n) is 34.7. The summed E-state index contributed by atoms with van der Waals surface area (Å²) in [5.74, 6) is -0.227. The van der Waals surface area contributed by atoms with Crippen LogP contribution in [0, 0.1) is 0 Å². The number of aromatic nitrogens is 3. The zero-order valence-corrected chi connectivity index (χ0v) is 35.7. The fraction of sp³-hybridized carbons (Fsp3) is 0.292. The summed E-state index contributed by atoms with van der Waals surface area (Å²) < 4.78 is 7.43. The first kappa shape index (κ1) is 40.4. The van der Waals surface area contributed by atoms with Gasteiger partial charge in [-0.25, -0.2) is 14.8 Å². The Morgan fingerprint density at radius 3 is 2.03 bits per heavy atom. The van der Waals surface area contributed by atoms with Gasteiger partial charge in [-0.2, -0.15) is 0 Å². The van der Waals surface area contributed by atoms with Gasteiger partial charge in [-0.3, -0.25) is 4.79 Å². The first-order chi connectivity index (χ1) is 27.7. The van der Waals surface area contributed by atoms with Crippen molar-refractivity contribution in [3.8, 4) is 11.3 Å². The number of amides is 3. The quantitative estimate of drug-likeness (QED) is 0.112. The Balaban J connectivity index is 1.46. The fourth-order valence-electron chi connectivity index (χ4n) is 7.45. The number of fused-ring (bicyclic) bond motifs is 1. The molecular weight excluding hydrogens is 737 g/mol. The second-order valence-electron chi connectivity index (χ2n) is 17.1. The van der Waals surface area contributed by atoms with Gasteiger partial charge < -0.3 is 24.5 Å². The third kappa shape index (κ3) is 8.26. The molecule has 4 aromatic carbocycles. The van der Waals surface area contributed by atoms with E-state index in [9.17, 15) is 9.59 Å². The summed E-state index contributed by atoms with van der Waals surface area (Å²) in [6, 6.07) is 36.4. The molecule has 0 unspecified atom stereocenters. The molecule has 58 heavy (non-hydrogen) atoms. The van der Waals surface area contributed by atoms with Gasteiger partial charge in [0, 0.05) is 60.6 Å². The van der Waals surface area contributed by atoms with Crippen molar-refractivity contribution >= 4 is 44.0 Å². The van der Waals surface area contributed by atoms with Gasteiger partial charge in [0.25, 0.3) is 5.91 Å². The summed E-state index contributed by atoms with van der Waals surface area (Å²) in [7, 11) is 3.62. The smallest absolute Gasteiger partial charge is 0.319 e. The van der Waals surface area contributed by atoms with E-state index in [1.165, 1.54) is 0 Å². The molecule has 6 aromatic rings. The van der Waals surface area contributed by atoms with E-state index in [4.69, 9.17) is 14.4 Å². The lowest BCUT2D eigenvalue weighted by Gasteiger charge is -2.40. The van der Waals surface area contributed by atoms with Crippen molar-refractivity contribution in [2.45, 2.75) is 64.0 Å². The number of hydrogen-bond acceptors (Lipinski definition) is 5. The molecule has 3 amide bonds. The van der Waals surface area contributed by atoms with Crippen LogP contribution in [0.5, 0.6) is 0 Å². The van der Waals surface area contributed by atoms with E-state index in [1.807, 2.05) is 77.7 Å². The topological polar surface area (TPSA) is 103 Å². The number of carbonyl (C=O) groups excluding carboxylic acids is 2. The van der Waals surface area contributed by atoms with Crippen LogP contribution in [0.3, 0.4) is 0 Å². The number of aromatic amines is 1. The van der Waals surface area contributed by atoms with Crippen LogP contribution in [0.4, 0.5) is 10.5 Å². The maximum atomic E-state index is 14.4. The van der Waals surface area contributed by atoms with Crippen molar-refractivity contribution in [2.24, 2.45) is 0 Å². The molecule has 0 aliphatic carbocycles. The van der Waals surface area contributed by atoms with Crippen molar-refractivity contribution in [3.05, 3.63) is 155 Å². The monoisotopic (exact) mass is 788 g/mol. The highest BCUT2D eigenvalue weighted by Gasteiger charge is 2.43. The minimum Gasteiger partial charge on any atom is -0.400 e. The van der Waals surface area contributed by atoms with Crippen LogP contribution in [0.2, 0.25) is 5.04 Å². The summed E-state index contributed by atoms with van der Waals surface area (Å²) in [4.78, 5) is 43.8. The summed E-state index contributed by atoms with van der Waals surface area (Å²) >= 11 is 0. The Kier molecular flexibility index (Phi) is 11.3. The lowest BCUT2D eigenvalue weighted by atomic mass is 9.76. The van der Waals surface area contributed by atoms with Crippen molar-refractivity contribution < 1.29 is 14.0 Å². The first-order valence-corrected chi connectivity index (χ1v) is 20.7. The minimum absolute atomic E-state index is 0.00358. The van der Waals surface area contributed by atoms with Crippen molar-refractivity contribution in [1.29, 1.82) is 0 Å². The Morgan fingerprint density at radius 1 is 0.810 bits per heavy atom. The molecule has 1 aliphatic rings. The SMILES string of the molecule is CN(C)C(=O)N1CC=C(c2cc3c(-c4cccc(NC(=O)c5ccc(C(C)(C)C)cc5)c4C(O[Si]C(C)(C)C)(c4ccccc4)c4ccccc4)ncnc3[nH]2)CC1. The van der Waals surface area contributed by atoms with Gasteiger partial charge in [-0.1, -0.05) is 133 Å². The Hall–Kier alpha value is -5.84. The molecule has 2 radical (unpaired) electrons. The molecular formula is C48H52N6O3Si. The van der Waals surface area contributed by atoms with E-state index in [-0.39, 0.29) is 32.2 Å². The normalized spacial score (nSPS) is 13.7. The van der Waals surface area contributed by atoms with Gasteiger partial charge in [0.1, 0.15) is 17.6 Å². The molecule has 0 spiro atoms. The number of urea groups is 1. The second kappa shape index (κ2) is 16.2. The molecule has 2 aromatic heterocycles. The number of nitrogens with one attached hydrogen (secondary N) is 2. The number of rotatable bonds is 9. The van der Waals surface area contributed by atoms with Gasteiger partial charge in [-0.05, 0) is 63.4 Å². The van der Waals surface area contributed by atoms with Gasteiger partial charge in [0.2, 0.25) is 9.76 Å². The number of anilines is 1. The highest BCUT2D eigenvalue weighted by Crippen LogP contribution is 2.49. The average Bonchev–Trinajstić information content (AvgIpc) is 3.66. The maximum Gasteiger partial charge on any atom is 0.319 e. The largest absolute Gasteiger partial charge is 0.400 e. The average molecular weight is 789 g/mol. The van der Waals surface area contributed by atoms with E-state index in [0.29, 0.717) is 42.1 Å². The minimum atomic E-state index is -1.19. The summed E-state index contributed by atoms with van der Waals surface area (Å²) in [6.45, 7) is 14.1. The molecule has 296 valence electrons. The molecule has 9 nitrogen and oxygen atoms in total. The van der Waals surface area contributed by atoms with Gasteiger partial charge in [0.15, 0.2) is 0 Å². The Labute approximate surface area is 344 Å². The molecule has 0 atom stereocenters. The van der Waals surface area contributed by atoms with E-state index < -0.39 is 5.60 Å². The van der Waals surface area contributed by atoms with Crippen LogP contribution in [0.15, 0.2) is 122 Å². The van der Waals surface area contributed by atoms with Crippen molar-refractivity contribution in [2.75, 3.05) is 32.5 Å². The molecule has 3 heterocycles. The summed E-state index contributed by atoms with van der Waals surface area (Å²) in [5.41, 5.74) is 7.91. The molecule has 10 heteroatoms. The third-order valence-electron chi connectivity index (χ3n) is 10.4. The van der Waals surface area contributed by atoms with Crippen LogP contribution in [0.25, 0.3) is 27.9 Å². The molecule has 0 bridgehead atoms. The molecule has 1 aliphatic heterocycles. The van der Waals surface area contributed by atoms with Crippen molar-refractivity contribution in [3.63, 3.8) is 0 Å². The zero-order chi connectivity index (χ0) is 41.2. The number of carbonyl (C=O) groups is 2. The van der Waals surface area contributed by atoms with E-state index in [1.54, 1.807) is 25.3 Å². The highest BCUT2D eigenvalue weighted by molar-refractivity contribution is 6.32. The standard InChI is InChI=1S/C48H52N6O3Si/c1-46(2,3)34-24-22-33(23-25-34)44(55)52-39-21-15-20-37(41(39)48(57-58-47(4,5)6,35-16-11-9-12-17-35)36-18-13-10-14-19-36)42-38-30-40(51-43(38)50-31-49-42)32-26-28-54(29-27-32)45(56)53(7)8/h9-26,30-31H,27-29H2,1-8H3,(H,52,55)(H,49,50,51). The molecule has 2 N–H and O–H groups in total. The fourth-order valence-corrected chi connectivity index (χ4v) is 8.24. The molecule has 0 saturated heterocycles. The van der Waals surface area contributed by atoms with E-state index in [0.717, 1.165) is 44.5 Å². The lowest BCUT2D eigenvalue weighted by Crippen LogP contribution is -2.41. The van der Waals surface area contributed by atoms with E-state index in [2.05, 4.69) is 94.3 Å². The van der Waals surface area contributed by atoms with Crippen LogP contribution < -0.4 is 5.32 Å². The van der Waals surface area contributed by atoms with Crippen LogP contribution in [0.1, 0.15) is 86.3 Å². The molecule has 7 rings (SSSR count). The number of hydrogen-bond donors (Lipinski definition) is 2.